The second-order valence-electron chi connectivity index (χ2n) is 5.67. The largest absolute Gasteiger partial charge is 0.491 e. The van der Waals surface area contributed by atoms with Crippen molar-refractivity contribution >= 4 is 7.60 Å². The van der Waals surface area contributed by atoms with E-state index in [1.807, 2.05) is 62.4 Å². The molecule has 2 rings (SSSR count). The first kappa shape index (κ1) is 20.7. The van der Waals surface area contributed by atoms with Gasteiger partial charge in [0.15, 0.2) is 0 Å². The van der Waals surface area contributed by atoms with Crippen LogP contribution in [-0.4, -0.2) is 33.5 Å². The standard InChI is InChI=1S/C20H27O5P/c1-4-24-26(21,25-5-2)16-17-6-8-18(9-7-17)19-10-12-20(13-11-19)23-15-14-22-3/h6-13H,4-5,14-16H2,1-3H3. The first-order chi connectivity index (χ1) is 12.6. The Morgan fingerprint density at radius 2 is 1.35 bits per heavy atom. The van der Waals surface area contributed by atoms with Crippen LogP contribution in [0.1, 0.15) is 19.4 Å². The third-order valence-corrected chi connectivity index (χ3v) is 5.78. The van der Waals surface area contributed by atoms with E-state index in [9.17, 15) is 4.57 Å². The maximum absolute atomic E-state index is 12.6. The summed E-state index contributed by atoms with van der Waals surface area (Å²) in [7, 11) is -1.42. The van der Waals surface area contributed by atoms with Crippen LogP contribution in [0, 0.1) is 0 Å². The molecule has 0 radical (unpaired) electrons. The lowest BCUT2D eigenvalue weighted by molar-refractivity contribution is 0.146. The molecule has 0 atom stereocenters. The van der Waals surface area contributed by atoms with Crippen molar-refractivity contribution in [1.82, 2.24) is 0 Å². The van der Waals surface area contributed by atoms with Crippen LogP contribution in [0.3, 0.4) is 0 Å². The van der Waals surface area contributed by atoms with E-state index in [2.05, 4.69) is 0 Å². The third-order valence-electron chi connectivity index (χ3n) is 3.73. The quantitative estimate of drug-likeness (QED) is 0.400. The Hall–Kier alpha value is -1.65. The fraction of sp³-hybridized carbons (Fsp3) is 0.400. The Morgan fingerprint density at radius 3 is 1.85 bits per heavy atom. The molecule has 0 saturated carbocycles. The molecule has 2 aromatic carbocycles. The van der Waals surface area contributed by atoms with Crippen LogP contribution in [-0.2, 0) is 24.5 Å². The summed E-state index contributed by atoms with van der Waals surface area (Å²) in [5.41, 5.74) is 3.10. The van der Waals surface area contributed by atoms with Crippen molar-refractivity contribution in [2.45, 2.75) is 20.0 Å². The number of ether oxygens (including phenoxy) is 2. The Labute approximate surface area is 155 Å². The molecule has 0 bridgehead atoms. The van der Waals surface area contributed by atoms with Gasteiger partial charge in [-0.15, -0.1) is 0 Å². The monoisotopic (exact) mass is 378 g/mol. The van der Waals surface area contributed by atoms with Crippen molar-refractivity contribution < 1.29 is 23.1 Å². The maximum Gasteiger partial charge on any atom is 0.335 e. The van der Waals surface area contributed by atoms with Crippen LogP contribution in [0.15, 0.2) is 48.5 Å². The predicted molar refractivity (Wildman–Crippen MR) is 104 cm³/mol. The van der Waals surface area contributed by atoms with E-state index in [4.69, 9.17) is 18.5 Å². The highest BCUT2D eigenvalue weighted by molar-refractivity contribution is 7.53. The van der Waals surface area contributed by atoms with Gasteiger partial charge in [-0.1, -0.05) is 36.4 Å². The van der Waals surface area contributed by atoms with Gasteiger partial charge in [0, 0.05) is 7.11 Å². The topological polar surface area (TPSA) is 54.0 Å². The highest BCUT2D eigenvalue weighted by Gasteiger charge is 2.23. The normalized spacial score (nSPS) is 11.5. The van der Waals surface area contributed by atoms with Crippen LogP contribution < -0.4 is 4.74 Å². The van der Waals surface area contributed by atoms with Gasteiger partial charge in [-0.25, -0.2) is 0 Å². The number of benzene rings is 2. The summed E-state index contributed by atoms with van der Waals surface area (Å²) in [6, 6.07) is 15.9. The minimum absolute atomic E-state index is 0.279. The summed E-state index contributed by atoms with van der Waals surface area (Å²) >= 11 is 0. The fourth-order valence-corrected chi connectivity index (χ4v) is 4.24. The van der Waals surface area contributed by atoms with E-state index in [0.29, 0.717) is 26.4 Å². The first-order valence-corrected chi connectivity index (χ1v) is 10.5. The van der Waals surface area contributed by atoms with Gasteiger partial charge in [-0.2, -0.15) is 0 Å². The molecule has 0 spiro atoms. The Kier molecular flexibility index (Phi) is 8.33. The zero-order valence-electron chi connectivity index (χ0n) is 15.6. The molecule has 6 heteroatoms. The number of hydrogen-bond acceptors (Lipinski definition) is 5. The molecule has 0 heterocycles. The summed E-state index contributed by atoms with van der Waals surface area (Å²) in [5, 5.41) is 0. The molecule has 0 aliphatic carbocycles. The number of rotatable bonds is 11. The minimum Gasteiger partial charge on any atom is -0.491 e. The smallest absolute Gasteiger partial charge is 0.335 e. The van der Waals surface area contributed by atoms with Gasteiger partial charge in [0.25, 0.3) is 0 Å². The van der Waals surface area contributed by atoms with Gasteiger partial charge < -0.3 is 18.5 Å². The lowest BCUT2D eigenvalue weighted by Crippen LogP contribution is -2.03. The first-order valence-electron chi connectivity index (χ1n) is 8.79. The second kappa shape index (κ2) is 10.5. The van der Waals surface area contributed by atoms with Gasteiger partial charge in [-0.05, 0) is 42.7 Å². The number of methoxy groups -OCH3 is 1. The summed E-state index contributed by atoms with van der Waals surface area (Å²) in [6.45, 7) is 5.47. The lowest BCUT2D eigenvalue weighted by atomic mass is 10.0. The van der Waals surface area contributed by atoms with Crippen LogP contribution in [0.25, 0.3) is 11.1 Å². The van der Waals surface area contributed by atoms with Crippen LogP contribution in [0.2, 0.25) is 0 Å². The molecule has 0 saturated heterocycles. The molecule has 0 N–H and O–H groups in total. The van der Waals surface area contributed by atoms with Crippen LogP contribution in [0.5, 0.6) is 5.75 Å². The second-order valence-corrected chi connectivity index (χ2v) is 7.72. The molecule has 26 heavy (non-hydrogen) atoms. The minimum atomic E-state index is -3.08. The van der Waals surface area contributed by atoms with Crippen LogP contribution in [0.4, 0.5) is 0 Å². The van der Waals surface area contributed by atoms with Crippen molar-refractivity contribution in [3.05, 3.63) is 54.1 Å². The zero-order chi connectivity index (χ0) is 18.8. The Morgan fingerprint density at radius 1 is 0.808 bits per heavy atom. The Balaban J connectivity index is 2.03. The molecule has 0 fully saturated rings. The van der Waals surface area contributed by atoms with E-state index < -0.39 is 7.60 Å². The predicted octanol–water partition coefficient (Wildman–Crippen LogP) is 5.14. The zero-order valence-corrected chi connectivity index (χ0v) is 16.5. The molecule has 0 aromatic heterocycles. The molecule has 0 aliphatic heterocycles. The van der Waals surface area contributed by atoms with Crippen molar-refractivity contribution in [3.8, 4) is 16.9 Å². The Bertz CT molecular complexity index is 687. The lowest BCUT2D eigenvalue weighted by Gasteiger charge is -2.17. The average molecular weight is 378 g/mol. The van der Waals surface area contributed by atoms with Gasteiger partial charge in [0.05, 0.1) is 26.0 Å². The SMILES string of the molecule is CCOP(=O)(Cc1ccc(-c2ccc(OCCOC)cc2)cc1)OCC. The molecule has 2 aromatic rings. The van der Waals surface area contributed by atoms with E-state index in [1.165, 1.54) is 0 Å². The molecule has 5 nitrogen and oxygen atoms in total. The summed E-state index contributed by atoms with van der Waals surface area (Å²) in [6.07, 6.45) is 0.279. The van der Waals surface area contributed by atoms with Crippen molar-refractivity contribution in [1.29, 1.82) is 0 Å². The van der Waals surface area contributed by atoms with Gasteiger partial charge in [0.2, 0.25) is 0 Å². The van der Waals surface area contributed by atoms with Crippen molar-refractivity contribution in [3.63, 3.8) is 0 Å². The van der Waals surface area contributed by atoms with E-state index in [-0.39, 0.29) is 6.16 Å². The molecule has 0 unspecified atom stereocenters. The number of hydrogen-bond donors (Lipinski definition) is 0. The highest BCUT2D eigenvalue weighted by atomic mass is 31.2. The van der Waals surface area contributed by atoms with Gasteiger partial charge >= 0.3 is 7.60 Å². The maximum atomic E-state index is 12.6. The summed E-state index contributed by atoms with van der Waals surface area (Å²) < 4.78 is 33.9. The molecule has 0 aliphatic rings. The molecule has 0 amide bonds. The van der Waals surface area contributed by atoms with Gasteiger partial charge in [0.1, 0.15) is 12.4 Å². The van der Waals surface area contributed by atoms with Crippen LogP contribution >= 0.6 is 7.60 Å². The van der Waals surface area contributed by atoms with E-state index >= 15 is 0 Å². The molecule has 142 valence electrons. The average Bonchev–Trinajstić information content (AvgIpc) is 2.63. The molecular weight excluding hydrogens is 351 g/mol. The van der Waals surface area contributed by atoms with Crippen molar-refractivity contribution in [2.75, 3.05) is 33.5 Å². The van der Waals surface area contributed by atoms with E-state index in [0.717, 1.165) is 22.4 Å². The summed E-state index contributed by atoms with van der Waals surface area (Å²) in [4.78, 5) is 0. The molecular formula is C20H27O5P. The van der Waals surface area contributed by atoms with Crippen molar-refractivity contribution in [2.24, 2.45) is 0 Å². The summed E-state index contributed by atoms with van der Waals surface area (Å²) in [5.74, 6) is 0.816. The fourth-order valence-electron chi connectivity index (χ4n) is 2.53. The van der Waals surface area contributed by atoms with E-state index in [1.54, 1.807) is 7.11 Å². The van der Waals surface area contributed by atoms with Gasteiger partial charge in [-0.3, -0.25) is 4.57 Å². The highest BCUT2D eigenvalue weighted by Crippen LogP contribution is 2.51. The third kappa shape index (κ3) is 6.26.